The van der Waals surface area contributed by atoms with Crippen molar-refractivity contribution in [3.05, 3.63) is 58.1 Å². The smallest absolute Gasteiger partial charge is 0.329 e. The molecule has 0 spiro atoms. The van der Waals surface area contributed by atoms with E-state index < -0.39 is 11.8 Å². The van der Waals surface area contributed by atoms with Gasteiger partial charge in [0, 0.05) is 35.1 Å². The Hall–Kier alpha value is -2.90. The van der Waals surface area contributed by atoms with Crippen molar-refractivity contribution in [1.82, 2.24) is 10.7 Å². The van der Waals surface area contributed by atoms with Crippen molar-refractivity contribution in [1.29, 1.82) is 0 Å². The van der Waals surface area contributed by atoms with E-state index in [9.17, 15) is 9.59 Å². The summed E-state index contributed by atoms with van der Waals surface area (Å²) in [5, 5.41) is 10.4. The van der Waals surface area contributed by atoms with Gasteiger partial charge in [-0.15, -0.1) is 0 Å². The van der Waals surface area contributed by atoms with E-state index >= 15 is 0 Å². The van der Waals surface area contributed by atoms with Gasteiger partial charge in [0.2, 0.25) is 0 Å². The highest BCUT2D eigenvalue weighted by atomic mass is 35.5. The standard InChI is InChI=1S/C22H25ClN4O3/c1-14-5-6-15(2)20(10-14)26-19-8-7-17(23)11-16(19)12-25-27-22(29)21(28)24-13-18-4-3-9-30-18/h5-8,10-12,18,26H,3-4,9,13H2,1-2H3,(H,24,28)(H,27,29)/b25-12-/t18-/m0/s1. The van der Waals surface area contributed by atoms with Gasteiger partial charge >= 0.3 is 11.8 Å². The van der Waals surface area contributed by atoms with E-state index in [4.69, 9.17) is 16.3 Å². The first-order chi connectivity index (χ1) is 14.4. The van der Waals surface area contributed by atoms with Gasteiger partial charge in [-0.1, -0.05) is 23.7 Å². The average molecular weight is 429 g/mol. The Bertz CT molecular complexity index is 955. The van der Waals surface area contributed by atoms with E-state index in [1.165, 1.54) is 6.21 Å². The molecule has 3 N–H and O–H groups in total. The van der Waals surface area contributed by atoms with Crippen LogP contribution in [-0.4, -0.2) is 37.3 Å². The summed E-state index contributed by atoms with van der Waals surface area (Å²) in [5.41, 5.74) is 6.87. The number of nitrogens with one attached hydrogen (secondary N) is 3. The molecule has 1 atom stereocenters. The number of halogens is 1. The fourth-order valence-corrected chi connectivity index (χ4v) is 3.25. The topological polar surface area (TPSA) is 91.8 Å². The van der Waals surface area contributed by atoms with Crippen molar-refractivity contribution in [3.8, 4) is 0 Å². The molecule has 1 aliphatic heterocycles. The number of benzene rings is 2. The first-order valence-electron chi connectivity index (χ1n) is 9.79. The molecule has 0 aromatic heterocycles. The zero-order chi connectivity index (χ0) is 21.5. The number of aryl methyl sites for hydroxylation is 2. The molecule has 2 amide bonds. The predicted octanol–water partition coefficient (Wildman–Crippen LogP) is 3.45. The van der Waals surface area contributed by atoms with Crippen LogP contribution in [0.2, 0.25) is 5.02 Å². The summed E-state index contributed by atoms with van der Waals surface area (Å²) in [5.74, 6) is -1.59. The van der Waals surface area contributed by atoms with Crippen molar-refractivity contribution >= 4 is 41.0 Å². The van der Waals surface area contributed by atoms with E-state index in [1.807, 2.05) is 38.1 Å². The third-order valence-electron chi connectivity index (χ3n) is 4.77. The van der Waals surface area contributed by atoms with Gasteiger partial charge in [0.25, 0.3) is 0 Å². The molecule has 0 aliphatic carbocycles. The molecule has 2 aromatic rings. The molecule has 1 fully saturated rings. The van der Waals surface area contributed by atoms with Gasteiger partial charge in [0.05, 0.1) is 12.3 Å². The molecule has 0 radical (unpaired) electrons. The summed E-state index contributed by atoms with van der Waals surface area (Å²) in [6, 6.07) is 11.5. The number of ether oxygens (including phenoxy) is 1. The number of carbonyl (C=O) groups is 2. The molecule has 0 bridgehead atoms. The van der Waals surface area contributed by atoms with Crippen molar-refractivity contribution < 1.29 is 14.3 Å². The minimum absolute atomic E-state index is 0.0320. The quantitative estimate of drug-likeness (QED) is 0.373. The highest BCUT2D eigenvalue weighted by molar-refractivity contribution is 6.35. The lowest BCUT2D eigenvalue weighted by atomic mass is 10.1. The summed E-state index contributed by atoms with van der Waals surface area (Å²) in [4.78, 5) is 23.8. The molecule has 0 unspecified atom stereocenters. The number of carbonyl (C=O) groups excluding carboxylic acids is 2. The van der Waals surface area contributed by atoms with Crippen LogP contribution < -0.4 is 16.1 Å². The van der Waals surface area contributed by atoms with Crippen LogP contribution in [-0.2, 0) is 14.3 Å². The number of anilines is 2. The van der Waals surface area contributed by atoms with Gasteiger partial charge in [-0.25, -0.2) is 5.43 Å². The number of amides is 2. The fraction of sp³-hybridized carbons (Fsp3) is 0.318. The maximum atomic E-state index is 11.9. The number of nitrogens with zero attached hydrogens (tertiary/aromatic N) is 1. The zero-order valence-corrected chi connectivity index (χ0v) is 17.8. The van der Waals surface area contributed by atoms with Crippen LogP contribution in [0.1, 0.15) is 29.5 Å². The lowest BCUT2D eigenvalue weighted by Gasteiger charge is -2.13. The van der Waals surface area contributed by atoms with Crippen LogP contribution in [0.3, 0.4) is 0 Å². The second-order valence-electron chi connectivity index (χ2n) is 7.22. The largest absolute Gasteiger partial charge is 0.376 e. The van der Waals surface area contributed by atoms with Gasteiger partial charge in [0.15, 0.2) is 0 Å². The second-order valence-corrected chi connectivity index (χ2v) is 7.66. The summed E-state index contributed by atoms with van der Waals surface area (Å²) >= 11 is 6.12. The molecule has 8 heteroatoms. The van der Waals surface area contributed by atoms with Crippen LogP contribution in [0, 0.1) is 13.8 Å². The highest BCUT2D eigenvalue weighted by Gasteiger charge is 2.19. The molecule has 0 saturated carbocycles. The lowest BCUT2D eigenvalue weighted by molar-refractivity contribution is -0.139. The minimum Gasteiger partial charge on any atom is -0.376 e. The third kappa shape index (κ3) is 6.05. The molecule has 2 aromatic carbocycles. The highest BCUT2D eigenvalue weighted by Crippen LogP contribution is 2.26. The number of hydrazone groups is 1. The Labute approximate surface area is 180 Å². The number of hydrogen-bond donors (Lipinski definition) is 3. The van der Waals surface area contributed by atoms with E-state index in [-0.39, 0.29) is 6.10 Å². The first-order valence-corrected chi connectivity index (χ1v) is 10.2. The maximum Gasteiger partial charge on any atom is 0.329 e. The van der Waals surface area contributed by atoms with Gasteiger partial charge in [0.1, 0.15) is 0 Å². The molecule has 1 heterocycles. The molecular weight excluding hydrogens is 404 g/mol. The first kappa shape index (κ1) is 21.8. The number of hydrogen-bond acceptors (Lipinski definition) is 5. The van der Waals surface area contributed by atoms with Gasteiger partial charge < -0.3 is 15.4 Å². The minimum atomic E-state index is -0.838. The average Bonchev–Trinajstić information content (AvgIpc) is 3.24. The summed E-state index contributed by atoms with van der Waals surface area (Å²) in [6.45, 7) is 5.04. The van der Waals surface area contributed by atoms with Crippen LogP contribution in [0.25, 0.3) is 0 Å². The molecule has 7 nitrogen and oxygen atoms in total. The molecule has 30 heavy (non-hydrogen) atoms. The van der Waals surface area contributed by atoms with Crippen LogP contribution in [0.4, 0.5) is 11.4 Å². The predicted molar refractivity (Wildman–Crippen MR) is 118 cm³/mol. The van der Waals surface area contributed by atoms with E-state index in [0.717, 1.165) is 35.3 Å². The molecule has 158 valence electrons. The normalized spacial score (nSPS) is 15.9. The van der Waals surface area contributed by atoms with Crippen LogP contribution in [0.5, 0.6) is 0 Å². The zero-order valence-electron chi connectivity index (χ0n) is 17.0. The summed E-state index contributed by atoms with van der Waals surface area (Å²) in [7, 11) is 0. The second kappa shape index (κ2) is 10.2. The SMILES string of the molecule is Cc1ccc(C)c(Nc2ccc(Cl)cc2/C=N\NC(=O)C(=O)NC[C@@H]2CCCO2)c1. The summed E-state index contributed by atoms with van der Waals surface area (Å²) < 4.78 is 5.42. The Kier molecular flexibility index (Phi) is 7.43. The molecule has 1 saturated heterocycles. The third-order valence-corrected chi connectivity index (χ3v) is 5.00. The molecule has 1 aliphatic rings. The Balaban J connectivity index is 1.63. The Morgan fingerprint density at radius 2 is 2.00 bits per heavy atom. The van der Waals surface area contributed by atoms with Crippen molar-refractivity contribution in [2.75, 3.05) is 18.5 Å². The Morgan fingerprint density at radius 1 is 1.17 bits per heavy atom. The van der Waals surface area contributed by atoms with Gasteiger partial charge in [-0.2, -0.15) is 5.10 Å². The van der Waals surface area contributed by atoms with Crippen molar-refractivity contribution in [2.24, 2.45) is 5.10 Å². The van der Waals surface area contributed by atoms with Gasteiger partial charge in [-0.3, -0.25) is 9.59 Å². The van der Waals surface area contributed by atoms with Crippen LogP contribution in [0.15, 0.2) is 41.5 Å². The van der Waals surface area contributed by atoms with E-state index in [2.05, 4.69) is 21.2 Å². The van der Waals surface area contributed by atoms with Crippen LogP contribution >= 0.6 is 11.6 Å². The van der Waals surface area contributed by atoms with E-state index in [1.54, 1.807) is 12.1 Å². The van der Waals surface area contributed by atoms with Crippen molar-refractivity contribution in [2.45, 2.75) is 32.8 Å². The summed E-state index contributed by atoms with van der Waals surface area (Å²) in [6.07, 6.45) is 3.26. The monoisotopic (exact) mass is 428 g/mol. The van der Waals surface area contributed by atoms with Gasteiger partial charge in [-0.05, 0) is 62.1 Å². The lowest BCUT2D eigenvalue weighted by Crippen LogP contribution is -2.41. The Morgan fingerprint density at radius 3 is 2.77 bits per heavy atom. The van der Waals surface area contributed by atoms with E-state index in [0.29, 0.717) is 23.7 Å². The maximum absolute atomic E-state index is 11.9. The fourth-order valence-electron chi connectivity index (χ4n) is 3.07. The molecule has 3 rings (SSSR count). The molecular formula is C22H25ClN4O3. The van der Waals surface area contributed by atoms with Crippen molar-refractivity contribution in [3.63, 3.8) is 0 Å². The number of rotatable bonds is 6.